The smallest absolute Gasteiger partial charge is 0.250 e. The van der Waals surface area contributed by atoms with Gasteiger partial charge in [-0.2, -0.15) is 5.26 Å². The molecule has 1 fully saturated rings. The van der Waals surface area contributed by atoms with Gasteiger partial charge in [0.15, 0.2) is 0 Å². The number of carbonyl (C=O) groups is 1. The van der Waals surface area contributed by atoms with E-state index >= 15 is 0 Å². The Kier molecular flexibility index (Phi) is 10.4. The molecule has 1 saturated heterocycles. The second kappa shape index (κ2) is 14.0. The van der Waals surface area contributed by atoms with Gasteiger partial charge in [-0.05, 0) is 72.8 Å². The Morgan fingerprint density at radius 3 is 2.36 bits per heavy atom. The standard InChI is InChI=1S/C32H35Cl2N3O2/c1-2-3-4-5-15-37-16-13-32(14-17-37,39-23-31(38)36-30-20-28(33)19-29(34)21-30)27-11-9-25(10-12-27)26-8-6-7-24(18-26)22-35/h6-12,18-21H,2-5,13-17,23H2,1H3,(H,36,38). The van der Waals surface area contributed by atoms with E-state index in [0.29, 0.717) is 21.3 Å². The lowest BCUT2D eigenvalue weighted by Gasteiger charge is -2.42. The van der Waals surface area contributed by atoms with Crippen LogP contribution in [0.3, 0.4) is 0 Å². The molecule has 1 aliphatic rings. The molecule has 1 N–H and O–H groups in total. The number of nitrogens with one attached hydrogen (secondary N) is 1. The molecule has 3 aromatic carbocycles. The first-order valence-electron chi connectivity index (χ1n) is 13.6. The number of hydrogen-bond acceptors (Lipinski definition) is 4. The van der Waals surface area contributed by atoms with Gasteiger partial charge in [0.1, 0.15) is 6.61 Å². The molecule has 7 heteroatoms. The van der Waals surface area contributed by atoms with Crippen LogP contribution in [-0.2, 0) is 15.1 Å². The Labute approximate surface area is 241 Å². The maximum Gasteiger partial charge on any atom is 0.250 e. The van der Waals surface area contributed by atoms with Crippen molar-refractivity contribution in [1.82, 2.24) is 4.90 Å². The molecule has 0 saturated carbocycles. The van der Waals surface area contributed by atoms with Crippen molar-refractivity contribution >= 4 is 34.8 Å². The number of unbranched alkanes of at least 4 members (excludes halogenated alkanes) is 3. The maximum atomic E-state index is 12.9. The molecule has 39 heavy (non-hydrogen) atoms. The first-order chi connectivity index (χ1) is 18.9. The van der Waals surface area contributed by atoms with Crippen molar-refractivity contribution in [3.8, 4) is 17.2 Å². The van der Waals surface area contributed by atoms with Crippen LogP contribution in [0.2, 0.25) is 10.0 Å². The summed E-state index contributed by atoms with van der Waals surface area (Å²) in [5.74, 6) is -0.250. The predicted octanol–water partition coefficient (Wildman–Crippen LogP) is 8.06. The number of benzene rings is 3. The number of amides is 1. The Bertz CT molecular complexity index is 1280. The average Bonchev–Trinajstić information content (AvgIpc) is 2.94. The van der Waals surface area contributed by atoms with E-state index in [1.54, 1.807) is 24.3 Å². The fourth-order valence-electron chi connectivity index (χ4n) is 5.18. The van der Waals surface area contributed by atoms with Crippen molar-refractivity contribution in [2.75, 3.05) is 31.6 Å². The van der Waals surface area contributed by atoms with E-state index in [1.165, 1.54) is 25.7 Å². The highest BCUT2D eigenvalue weighted by atomic mass is 35.5. The molecule has 0 aromatic heterocycles. The Balaban J connectivity index is 1.48. The van der Waals surface area contributed by atoms with Gasteiger partial charge in [-0.15, -0.1) is 0 Å². The molecule has 5 nitrogen and oxygen atoms in total. The summed E-state index contributed by atoms with van der Waals surface area (Å²) < 4.78 is 6.48. The number of hydrogen-bond donors (Lipinski definition) is 1. The molecule has 0 spiro atoms. The fourth-order valence-corrected chi connectivity index (χ4v) is 5.70. The van der Waals surface area contributed by atoms with Gasteiger partial charge >= 0.3 is 0 Å². The van der Waals surface area contributed by atoms with E-state index in [1.807, 2.05) is 18.2 Å². The maximum absolute atomic E-state index is 12.9. The summed E-state index contributed by atoms with van der Waals surface area (Å²) in [5.41, 5.74) is 3.71. The Morgan fingerprint density at radius 1 is 0.974 bits per heavy atom. The number of rotatable bonds is 11. The van der Waals surface area contributed by atoms with Crippen molar-refractivity contribution < 1.29 is 9.53 Å². The van der Waals surface area contributed by atoms with Crippen LogP contribution in [-0.4, -0.2) is 37.0 Å². The molecule has 3 aromatic rings. The second-order valence-electron chi connectivity index (χ2n) is 10.2. The second-order valence-corrected chi connectivity index (χ2v) is 11.0. The zero-order chi connectivity index (χ0) is 27.7. The zero-order valence-electron chi connectivity index (χ0n) is 22.4. The van der Waals surface area contributed by atoms with Crippen molar-refractivity contribution in [1.29, 1.82) is 5.26 Å². The summed E-state index contributed by atoms with van der Waals surface area (Å²) in [6.45, 7) is 5.09. The topological polar surface area (TPSA) is 65.4 Å². The van der Waals surface area contributed by atoms with Crippen LogP contribution in [0.15, 0.2) is 66.7 Å². The molecule has 0 radical (unpaired) electrons. The first-order valence-corrected chi connectivity index (χ1v) is 14.4. The van der Waals surface area contributed by atoms with Crippen LogP contribution < -0.4 is 5.32 Å². The predicted molar refractivity (Wildman–Crippen MR) is 159 cm³/mol. The fraction of sp³-hybridized carbons (Fsp3) is 0.375. The molecular formula is C32H35Cl2N3O2. The third-order valence-corrected chi connectivity index (χ3v) is 7.79. The highest BCUT2D eigenvalue weighted by Gasteiger charge is 2.37. The minimum Gasteiger partial charge on any atom is -0.360 e. The number of nitriles is 1. The van der Waals surface area contributed by atoms with E-state index in [4.69, 9.17) is 27.9 Å². The van der Waals surface area contributed by atoms with Crippen molar-refractivity contribution in [2.24, 2.45) is 0 Å². The van der Waals surface area contributed by atoms with Crippen LogP contribution >= 0.6 is 23.2 Å². The molecule has 0 unspecified atom stereocenters. The van der Waals surface area contributed by atoms with Crippen LogP contribution in [0.25, 0.3) is 11.1 Å². The van der Waals surface area contributed by atoms with Gasteiger partial charge in [0, 0.05) is 28.8 Å². The number of likely N-dealkylation sites (tertiary alicyclic amines) is 1. The number of piperidine rings is 1. The monoisotopic (exact) mass is 563 g/mol. The summed E-state index contributed by atoms with van der Waals surface area (Å²) in [7, 11) is 0. The van der Waals surface area contributed by atoms with E-state index in [0.717, 1.165) is 49.2 Å². The summed E-state index contributed by atoms with van der Waals surface area (Å²) in [5, 5.41) is 13.0. The Hall–Kier alpha value is -2.88. The number of carbonyl (C=O) groups excluding carboxylic acids is 1. The largest absolute Gasteiger partial charge is 0.360 e. The molecule has 1 aliphatic heterocycles. The van der Waals surface area contributed by atoms with Gasteiger partial charge in [-0.1, -0.05) is 85.8 Å². The van der Waals surface area contributed by atoms with Gasteiger partial charge in [0.05, 0.1) is 17.2 Å². The van der Waals surface area contributed by atoms with Crippen LogP contribution in [0, 0.1) is 11.3 Å². The SMILES string of the molecule is CCCCCCN1CCC(OCC(=O)Nc2cc(Cl)cc(Cl)c2)(c2ccc(-c3cccc(C#N)c3)cc2)CC1. The lowest BCUT2D eigenvalue weighted by Crippen LogP contribution is -2.45. The normalized spacial score (nSPS) is 15.0. The first kappa shape index (κ1) is 29.1. The molecular weight excluding hydrogens is 529 g/mol. The molecule has 0 bridgehead atoms. The average molecular weight is 565 g/mol. The molecule has 4 rings (SSSR count). The number of halogens is 2. The Morgan fingerprint density at radius 2 is 1.69 bits per heavy atom. The van der Waals surface area contributed by atoms with Gasteiger partial charge < -0.3 is 15.0 Å². The summed E-state index contributed by atoms with van der Waals surface area (Å²) >= 11 is 12.2. The molecule has 1 amide bonds. The van der Waals surface area contributed by atoms with Gasteiger partial charge in [-0.25, -0.2) is 0 Å². The van der Waals surface area contributed by atoms with Crippen LogP contribution in [0.5, 0.6) is 0 Å². The number of nitrogens with zero attached hydrogens (tertiary/aromatic N) is 2. The van der Waals surface area contributed by atoms with Crippen molar-refractivity contribution in [3.05, 3.63) is 87.9 Å². The third kappa shape index (κ3) is 8.06. The van der Waals surface area contributed by atoms with Crippen molar-refractivity contribution in [3.63, 3.8) is 0 Å². The molecule has 204 valence electrons. The highest BCUT2D eigenvalue weighted by Crippen LogP contribution is 2.38. The number of anilines is 1. The third-order valence-electron chi connectivity index (χ3n) is 7.35. The van der Waals surface area contributed by atoms with E-state index in [2.05, 4.69) is 47.5 Å². The number of ether oxygens (including phenoxy) is 1. The molecule has 1 heterocycles. The quantitative estimate of drug-likeness (QED) is 0.239. The lowest BCUT2D eigenvalue weighted by atomic mass is 9.83. The van der Waals surface area contributed by atoms with E-state index in [-0.39, 0.29) is 12.5 Å². The van der Waals surface area contributed by atoms with Crippen molar-refractivity contribution in [2.45, 2.75) is 51.0 Å². The van der Waals surface area contributed by atoms with Crippen LogP contribution in [0.1, 0.15) is 56.6 Å². The molecule has 0 aliphatic carbocycles. The van der Waals surface area contributed by atoms with Gasteiger partial charge in [0.2, 0.25) is 5.91 Å². The summed E-state index contributed by atoms with van der Waals surface area (Å²) in [4.78, 5) is 15.4. The van der Waals surface area contributed by atoms with Gasteiger partial charge in [-0.3, -0.25) is 4.79 Å². The minimum absolute atomic E-state index is 0.0768. The van der Waals surface area contributed by atoms with Gasteiger partial charge in [0.25, 0.3) is 0 Å². The summed E-state index contributed by atoms with van der Waals surface area (Å²) in [6, 6.07) is 23.1. The molecule has 0 atom stereocenters. The zero-order valence-corrected chi connectivity index (χ0v) is 23.9. The van der Waals surface area contributed by atoms with Crippen LogP contribution in [0.4, 0.5) is 5.69 Å². The summed E-state index contributed by atoms with van der Waals surface area (Å²) in [6.07, 6.45) is 6.59. The minimum atomic E-state index is -0.559. The van der Waals surface area contributed by atoms with E-state index < -0.39 is 5.60 Å². The lowest BCUT2D eigenvalue weighted by molar-refractivity contribution is -0.134. The van der Waals surface area contributed by atoms with E-state index in [9.17, 15) is 10.1 Å². The highest BCUT2D eigenvalue weighted by molar-refractivity contribution is 6.35.